The number of halogens is 1. The topological polar surface area (TPSA) is 32.6 Å². The third kappa shape index (κ3) is 4.62. The van der Waals surface area contributed by atoms with E-state index in [1.54, 1.807) is 0 Å². The number of aliphatic imine (C=N–C) groups is 1. The van der Waals surface area contributed by atoms with E-state index in [1.165, 1.54) is 11.1 Å². The predicted octanol–water partition coefficient (Wildman–Crippen LogP) is 7.88. The highest BCUT2D eigenvalue weighted by Gasteiger charge is 2.19. The van der Waals surface area contributed by atoms with Gasteiger partial charge < -0.3 is 5.11 Å². The Morgan fingerprint density at radius 2 is 1.45 bits per heavy atom. The van der Waals surface area contributed by atoms with Crippen molar-refractivity contribution in [2.24, 2.45) is 4.99 Å². The minimum atomic E-state index is 0.214. The van der Waals surface area contributed by atoms with Gasteiger partial charge in [-0.05, 0) is 63.5 Å². The summed E-state index contributed by atoms with van der Waals surface area (Å²) in [6.07, 6.45) is 0. The van der Waals surface area contributed by atoms with Gasteiger partial charge in [-0.2, -0.15) is 0 Å². The zero-order chi connectivity index (χ0) is 21.1. The molecular weight excluding hydrogens is 422 g/mol. The minimum absolute atomic E-state index is 0.214. The van der Waals surface area contributed by atoms with Gasteiger partial charge in [0.1, 0.15) is 5.75 Å². The first-order chi connectivity index (χ1) is 13.8. The lowest BCUT2D eigenvalue weighted by molar-refractivity contribution is 0.470. The van der Waals surface area contributed by atoms with Crippen LogP contribution in [0, 0.1) is 6.92 Å². The Hall–Kier alpha value is -2.39. The van der Waals surface area contributed by atoms with Gasteiger partial charge in [-0.1, -0.05) is 76.2 Å². The number of hydrogen-bond donors (Lipinski definition) is 1. The number of phenols is 1. The van der Waals surface area contributed by atoms with E-state index in [2.05, 4.69) is 61.8 Å². The van der Waals surface area contributed by atoms with Crippen LogP contribution >= 0.6 is 15.9 Å². The molecular formula is C26H28BrNO. The molecule has 0 aliphatic rings. The van der Waals surface area contributed by atoms with Gasteiger partial charge in [-0.15, -0.1) is 0 Å². The summed E-state index contributed by atoms with van der Waals surface area (Å²) < 4.78 is 0.678. The zero-order valence-electron chi connectivity index (χ0n) is 17.7. The first-order valence-electron chi connectivity index (χ1n) is 10.1. The molecule has 0 atom stereocenters. The average molecular weight is 450 g/mol. The summed E-state index contributed by atoms with van der Waals surface area (Å²) in [5.41, 5.74) is 7.00. The van der Waals surface area contributed by atoms with Gasteiger partial charge in [0.25, 0.3) is 0 Å². The highest BCUT2D eigenvalue weighted by Crippen LogP contribution is 2.37. The molecule has 0 heterocycles. The molecule has 3 aromatic carbocycles. The van der Waals surface area contributed by atoms with Gasteiger partial charge >= 0.3 is 0 Å². The van der Waals surface area contributed by atoms with Crippen molar-refractivity contribution in [2.45, 2.75) is 46.5 Å². The van der Waals surface area contributed by atoms with E-state index < -0.39 is 0 Å². The molecule has 0 spiro atoms. The maximum atomic E-state index is 10.9. The molecule has 0 aliphatic heterocycles. The van der Waals surface area contributed by atoms with E-state index in [1.807, 2.05) is 49.4 Å². The maximum absolute atomic E-state index is 10.9. The zero-order valence-corrected chi connectivity index (χ0v) is 19.3. The van der Waals surface area contributed by atoms with Crippen LogP contribution in [0.4, 0.5) is 5.69 Å². The molecule has 0 unspecified atom stereocenters. The monoisotopic (exact) mass is 449 g/mol. The van der Waals surface area contributed by atoms with Gasteiger partial charge in [0, 0.05) is 11.1 Å². The van der Waals surface area contributed by atoms with Gasteiger partial charge in [-0.25, -0.2) is 4.99 Å². The Bertz CT molecular complexity index is 1010. The number of para-hydroxylation sites is 1. The number of benzene rings is 3. The van der Waals surface area contributed by atoms with Crippen LogP contribution in [-0.4, -0.2) is 10.8 Å². The van der Waals surface area contributed by atoms with Gasteiger partial charge in [0.05, 0.1) is 15.9 Å². The highest BCUT2D eigenvalue weighted by molar-refractivity contribution is 9.10. The van der Waals surface area contributed by atoms with Crippen molar-refractivity contribution in [3.05, 3.63) is 93.0 Å². The third-order valence-electron chi connectivity index (χ3n) is 5.08. The van der Waals surface area contributed by atoms with Crippen molar-refractivity contribution in [3.8, 4) is 5.75 Å². The molecule has 150 valence electrons. The number of nitrogens with zero attached hydrogens (tertiary/aromatic N) is 1. The Labute approximate surface area is 182 Å². The normalized spacial score (nSPS) is 12.1. The Morgan fingerprint density at radius 3 is 2.00 bits per heavy atom. The molecule has 0 fully saturated rings. The molecule has 0 amide bonds. The highest BCUT2D eigenvalue weighted by atomic mass is 79.9. The second-order valence-corrected chi connectivity index (χ2v) is 8.92. The van der Waals surface area contributed by atoms with Crippen molar-refractivity contribution in [2.75, 3.05) is 0 Å². The number of rotatable bonds is 5. The van der Waals surface area contributed by atoms with E-state index in [4.69, 9.17) is 4.99 Å². The Balaban J connectivity index is 2.37. The number of hydrogen-bond acceptors (Lipinski definition) is 2. The smallest absolute Gasteiger partial charge is 0.139 e. The number of phenolic OH excluding ortho intramolecular Hbond substituents is 1. The van der Waals surface area contributed by atoms with Crippen LogP contribution in [0.2, 0.25) is 0 Å². The number of aryl methyl sites for hydroxylation is 1. The molecule has 29 heavy (non-hydrogen) atoms. The average Bonchev–Trinajstić information content (AvgIpc) is 2.69. The van der Waals surface area contributed by atoms with Crippen LogP contribution in [0.1, 0.15) is 67.3 Å². The van der Waals surface area contributed by atoms with Crippen molar-refractivity contribution in [1.82, 2.24) is 0 Å². The van der Waals surface area contributed by atoms with Crippen LogP contribution in [0.3, 0.4) is 0 Å². The lowest BCUT2D eigenvalue weighted by Crippen LogP contribution is -2.06. The quantitative estimate of drug-likeness (QED) is 0.394. The fourth-order valence-corrected chi connectivity index (χ4v) is 4.12. The first kappa shape index (κ1) is 21.3. The van der Waals surface area contributed by atoms with Gasteiger partial charge in [-0.3, -0.25) is 0 Å². The molecule has 0 radical (unpaired) electrons. The summed E-state index contributed by atoms with van der Waals surface area (Å²) in [5, 5.41) is 10.9. The second kappa shape index (κ2) is 8.96. The van der Waals surface area contributed by atoms with Crippen LogP contribution in [0.15, 0.2) is 70.1 Å². The molecule has 1 N–H and O–H groups in total. The fourth-order valence-electron chi connectivity index (χ4n) is 3.54. The Kier molecular flexibility index (Phi) is 6.59. The van der Waals surface area contributed by atoms with E-state index in [9.17, 15) is 5.11 Å². The predicted molar refractivity (Wildman–Crippen MR) is 127 cm³/mol. The lowest BCUT2D eigenvalue weighted by atomic mass is 9.92. The largest absolute Gasteiger partial charge is 0.506 e. The summed E-state index contributed by atoms with van der Waals surface area (Å²) >= 11 is 3.49. The molecule has 0 saturated carbocycles. The van der Waals surface area contributed by atoms with Gasteiger partial charge in [0.15, 0.2) is 0 Å². The van der Waals surface area contributed by atoms with E-state index in [-0.39, 0.29) is 5.75 Å². The lowest BCUT2D eigenvalue weighted by Gasteiger charge is -2.19. The van der Waals surface area contributed by atoms with E-state index in [0.717, 1.165) is 28.1 Å². The second-order valence-electron chi connectivity index (χ2n) is 8.06. The standard InChI is InChI=1S/C26H28BrNO/c1-16(2)20-12-9-13-21(17(3)4)25(20)28-24(19-10-7-6-8-11-19)22-14-18(5)15-23(27)26(22)29/h6-17,29H,1-5H3/b28-24+. The van der Waals surface area contributed by atoms with Crippen molar-refractivity contribution in [1.29, 1.82) is 0 Å². The van der Waals surface area contributed by atoms with Crippen LogP contribution in [0.5, 0.6) is 5.75 Å². The first-order valence-corrected chi connectivity index (χ1v) is 10.8. The molecule has 0 aliphatic carbocycles. The molecule has 0 bridgehead atoms. The van der Waals surface area contributed by atoms with Gasteiger partial charge in [0.2, 0.25) is 0 Å². The summed E-state index contributed by atoms with van der Waals surface area (Å²) in [7, 11) is 0. The third-order valence-corrected chi connectivity index (χ3v) is 5.68. The van der Waals surface area contributed by atoms with Crippen LogP contribution < -0.4 is 0 Å². The van der Waals surface area contributed by atoms with Crippen LogP contribution in [-0.2, 0) is 0 Å². The summed E-state index contributed by atoms with van der Waals surface area (Å²) in [6, 6.07) is 20.4. The Morgan fingerprint density at radius 1 is 0.862 bits per heavy atom. The van der Waals surface area contributed by atoms with E-state index >= 15 is 0 Å². The minimum Gasteiger partial charge on any atom is -0.506 e. The van der Waals surface area contributed by atoms with E-state index in [0.29, 0.717) is 16.3 Å². The summed E-state index contributed by atoms with van der Waals surface area (Å²) in [4.78, 5) is 5.22. The summed E-state index contributed by atoms with van der Waals surface area (Å²) in [5.74, 6) is 0.913. The van der Waals surface area contributed by atoms with Crippen molar-refractivity contribution in [3.63, 3.8) is 0 Å². The maximum Gasteiger partial charge on any atom is 0.139 e. The molecule has 3 aromatic rings. The summed E-state index contributed by atoms with van der Waals surface area (Å²) in [6.45, 7) is 10.8. The SMILES string of the molecule is Cc1cc(Br)c(O)c(/C(=N/c2c(C(C)C)cccc2C(C)C)c2ccccc2)c1. The molecule has 0 aromatic heterocycles. The van der Waals surface area contributed by atoms with Crippen molar-refractivity contribution >= 4 is 27.3 Å². The number of aromatic hydroxyl groups is 1. The molecule has 3 rings (SSSR count). The van der Waals surface area contributed by atoms with Crippen LogP contribution in [0.25, 0.3) is 0 Å². The molecule has 2 nitrogen and oxygen atoms in total. The molecule has 3 heteroatoms. The fraction of sp³-hybridized carbons (Fsp3) is 0.269. The van der Waals surface area contributed by atoms with Crippen molar-refractivity contribution < 1.29 is 5.11 Å². The molecule has 0 saturated heterocycles.